The fourth-order valence-corrected chi connectivity index (χ4v) is 3.38. The van der Waals surface area contributed by atoms with E-state index < -0.39 is 4.92 Å². The van der Waals surface area contributed by atoms with Crippen LogP contribution >= 0.6 is 24.2 Å². The zero-order chi connectivity index (χ0) is 15.9. The highest BCUT2D eigenvalue weighted by Gasteiger charge is 2.22. The Hall–Kier alpha value is -1.31. The van der Waals surface area contributed by atoms with Gasteiger partial charge in [-0.15, -0.1) is 24.2 Å². The van der Waals surface area contributed by atoms with E-state index in [1.54, 1.807) is 12.1 Å². The van der Waals surface area contributed by atoms with Crippen molar-refractivity contribution < 1.29 is 9.72 Å². The number of hydrogen-bond donors (Lipinski definition) is 1. The molecule has 8 heteroatoms. The van der Waals surface area contributed by atoms with Crippen molar-refractivity contribution in [2.24, 2.45) is 5.92 Å². The highest BCUT2D eigenvalue weighted by molar-refractivity contribution is 8.00. The number of carbonyl (C=O) groups is 1. The van der Waals surface area contributed by atoms with Gasteiger partial charge in [0.25, 0.3) is 5.69 Å². The van der Waals surface area contributed by atoms with Crippen LogP contribution < -0.4 is 5.32 Å². The summed E-state index contributed by atoms with van der Waals surface area (Å²) in [6, 6.07) is 6.32. The molecular weight excluding hydrogens is 338 g/mol. The monoisotopic (exact) mass is 359 g/mol. The molecule has 0 saturated carbocycles. The number of carbonyl (C=O) groups excluding carboxylic acids is 1. The van der Waals surface area contributed by atoms with Gasteiger partial charge in [-0.25, -0.2) is 0 Å². The lowest BCUT2D eigenvalue weighted by Crippen LogP contribution is -2.41. The Morgan fingerprint density at radius 2 is 1.96 bits per heavy atom. The summed E-state index contributed by atoms with van der Waals surface area (Å²) in [4.78, 5) is 25.2. The Morgan fingerprint density at radius 3 is 2.48 bits per heavy atom. The van der Waals surface area contributed by atoms with Crippen molar-refractivity contribution in [2.75, 3.05) is 32.4 Å². The number of likely N-dealkylation sites (tertiary alicyclic amines) is 1. The summed E-state index contributed by atoms with van der Waals surface area (Å²) in [6.07, 6.45) is 2.10. The minimum absolute atomic E-state index is 0. The smallest absolute Gasteiger partial charge is 0.269 e. The van der Waals surface area contributed by atoms with Gasteiger partial charge in [0.15, 0.2) is 0 Å². The molecule has 0 bridgehead atoms. The van der Waals surface area contributed by atoms with Crippen LogP contribution in [0.5, 0.6) is 0 Å². The van der Waals surface area contributed by atoms with Gasteiger partial charge >= 0.3 is 0 Å². The number of benzene rings is 1. The molecule has 1 N–H and O–H groups in total. The van der Waals surface area contributed by atoms with Crippen LogP contribution in [0.15, 0.2) is 29.2 Å². The normalized spacial score (nSPS) is 15.1. The van der Waals surface area contributed by atoms with Crippen LogP contribution in [0, 0.1) is 16.0 Å². The quantitative estimate of drug-likeness (QED) is 0.480. The van der Waals surface area contributed by atoms with E-state index in [0.29, 0.717) is 11.7 Å². The second-order valence-electron chi connectivity index (χ2n) is 5.42. The van der Waals surface area contributed by atoms with Crippen molar-refractivity contribution in [3.05, 3.63) is 34.4 Å². The first-order valence-corrected chi connectivity index (χ1v) is 8.38. The third-order valence-corrected chi connectivity index (χ3v) is 4.87. The van der Waals surface area contributed by atoms with Gasteiger partial charge in [0.05, 0.1) is 10.7 Å². The average Bonchev–Trinajstić information content (AvgIpc) is 2.54. The van der Waals surface area contributed by atoms with Crippen molar-refractivity contribution in [2.45, 2.75) is 17.7 Å². The van der Waals surface area contributed by atoms with Crippen LogP contribution in [0.4, 0.5) is 5.69 Å². The Bertz CT molecular complexity index is 519. The number of nitro groups is 1. The largest absolute Gasteiger partial charge is 0.342 e. The minimum atomic E-state index is -0.422. The molecule has 1 aromatic rings. The van der Waals surface area contributed by atoms with Crippen molar-refractivity contribution >= 4 is 35.8 Å². The van der Waals surface area contributed by atoms with Gasteiger partial charge in [0, 0.05) is 30.1 Å². The van der Waals surface area contributed by atoms with Gasteiger partial charge in [0.2, 0.25) is 5.91 Å². The number of nitro benzene ring substituents is 1. The maximum absolute atomic E-state index is 12.2. The molecule has 6 nitrogen and oxygen atoms in total. The third-order valence-electron chi connectivity index (χ3n) is 3.87. The third kappa shape index (κ3) is 6.01. The molecule has 1 saturated heterocycles. The highest BCUT2D eigenvalue weighted by Crippen LogP contribution is 2.23. The summed E-state index contributed by atoms with van der Waals surface area (Å²) >= 11 is 1.43. The molecule has 1 aliphatic rings. The number of piperidine rings is 1. The van der Waals surface area contributed by atoms with Crippen LogP contribution in [-0.2, 0) is 4.79 Å². The van der Waals surface area contributed by atoms with Crippen molar-refractivity contribution in [3.8, 4) is 0 Å². The first kappa shape index (κ1) is 19.7. The number of amides is 1. The zero-order valence-electron chi connectivity index (χ0n) is 13.1. The maximum Gasteiger partial charge on any atom is 0.269 e. The van der Waals surface area contributed by atoms with Crippen LogP contribution in [-0.4, -0.2) is 48.2 Å². The zero-order valence-corrected chi connectivity index (χ0v) is 14.7. The molecule has 0 spiro atoms. The van der Waals surface area contributed by atoms with E-state index in [1.807, 2.05) is 11.9 Å². The first-order chi connectivity index (χ1) is 10.6. The second kappa shape index (κ2) is 9.75. The molecule has 0 aliphatic carbocycles. The van der Waals surface area contributed by atoms with E-state index in [0.717, 1.165) is 37.4 Å². The molecule has 2 rings (SSSR count). The molecule has 0 radical (unpaired) electrons. The number of halogens is 1. The van der Waals surface area contributed by atoms with Gasteiger partial charge in [-0.1, -0.05) is 0 Å². The van der Waals surface area contributed by atoms with Gasteiger partial charge < -0.3 is 10.2 Å². The fourth-order valence-electron chi connectivity index (χ4n) is 2.58. The minimum Gasteiger partial charge on any atom is -0.342 e. The lowest BCUT2D eigenvalue weighted by atomic mass is 9.97. The number of thioether (sulfide) groups is 1. The van der Waals surface area contributed by atoms with Crippen molar-refractivity contribution in [1.29, 1.82) is 0 Å². The van der Waals surface area contributed by atoms with Gasteiger partial charge in [-0.3, -0.25) is 14.9 Å². The van der Waals surface area contributed by atoms with E-state index >= 15 is 0 Å². The molecule has 0 aromatic heterocycles. The Morgan fingerprint density at radius 1 is 1.35 bits per heavy atom. The second-order valence-corrected chi connectivity index (χ2v) is 6.47. The predicted molar refractivity (Wildman–Crippen MR) is 94.3 cm³/mol. The van der Waals surface area contributed by atoms with Crippen LogP contribution in [0.3, 0.4) is 0 Å². The molecule has 128 valence electrons. The van der Waals surface area contributed by atoms with E-state index in [-0.39, 0.29) is 24.0 Å². The van der Waals surface area contributed by atoms with Crippen molar-refractivity contribution in [3.63, 3.8) is 0 Å². The standard InChI is InChI=1S/C15H21N3O3S.ClH/c1-16-10-12-6-8-17(9-7-12)15(19)11-22-14-4-2-13(3-5-14)18(20)21;/h2-5,12,16H,6-11H2,1H3;1H. The summed E-state index contributed by atoms with van der Waals surface area (Å²) in [6.45, 7) is 2.66. The van der Waals surface area contributed by atoms with Crippen LogP contribution in [0.25, 0.3) is 0 Å². The number of rotatable bonds is 6. The lowest BCUT2D eigenvalue weighted by molar-refractivity contribution is -0.384. The number of nitrogens with zero attached hydrogens (tertiary/aromatic N) is 2. The average molecular weight is 360 g/mol. The van der Waals surface area contributed by atoms with Gasteiger partial charge in [-0.05, 0) is 44.5 Å². The molecule has 1 heterocycles. The Labute approximate surface area is 146 Å². The number of nitrogens with one attached hydrogen (secondary N) is 1. The molecule has 1 fully saturated rings. The van der Waals surface area contributed by atoms with Gasteiger partial charge in [-0.2, -0.15) is 0 Å². The molecular formula is C15H22ClN3O3S. The molecule has 1 aromatic carbocycles. The summed E-state index contributed by atoms with van der Waals surface area (Å²) < 4.78 is 0. The molecule has 23 heavy (non-hydrogen) atoms. The molecule has 0 atom stereocenters. The van der Waals surface area contributed by atoms with Crippen LogP contribution in [0.1, 0.15) is 12.8 Å². The predicted octanol–water partition coefficient (Wildman–Crippen LogP) is 2.57. The molecule has 1 amide bonds. The van der Waals surface area contributed by atoms with Crippen molar-refractivity contribution in [1.82, 2.24) is 10.2 Å². The van der Waals surface area contributed by atoms with E-state index in [4.69, 9.17) is 0 Å². The fraction of sp³-hybridized carbons (Fsp3) is 0.533. The number of hydrogen-bond acceptors (Lipinski definition) is 5. The number of non-ortho nitro benzene ring substituents is 1. The SMILES string of the molecule is CNCC1CCN(C(=O)CSc2ccc([N+](=O)[O-])cc2)CC1.Cl. The topological polar surface area (TPSA) is 75.5 Å². The molecule has 1 aliphatic heterocycles. The molecule has 0 unspecified atom stereocenters. The maximum atomic E-state index is 12.2. The van der Waals surface area contributed by atoms with E-state index in [2.05, 4.69) is 5.32 Å². The van der Waals surface area contributed by atoms with Crippen LogP contribution in [0.2, 0.25) is 0 Å². The summed E-state index contributed by atoms with van der Waals surface area (Å²) in [5, 5.41) is 13.8. The lowest BCUT2D eigenvalue weighted by Gasteiger charge is -2.31. The highest BCUT2D eigenvalue weighted by atomic mass is 35.5. The summed E-state index contributed by atoms with van der Waals surface area (Å²) in [5.41, 5.74) is 0.0716. The van der Waals surface area contributed by atoms with Gasteiger partial charge in [0.1, 0.15) is 0 Å². The van der Waals surface area contributed by atoms with E-state index in [1.165, 1.54) is 23.9 Å². The van der Waals surface area contributed by atoms with E-state index in [9.17, 15) is 14.9 Å². The summed E-state index contributed by atoms with van der Waals surface area (Å²) in [5.74, 6) is 1.19. The Kier molecular flexibility index (Phi) is 8.36. The Balaban J connectivity index is 0.00000264. The summed E-state index contributed by atoms with van der Waals surface area (Å²) in [7, 11) is 1.96. The first-order valence-electron chi connectivity index (χ1n) is 7.39.